The van der Waals surface area contributed by atoms with Crippen molar-refractivity contribution in [1.82, 2.24) is 0 Å². The average molecular weight is 172 g/mol. The van der Waals surface area contributed by atoms with Gasteiger partial charge >= 0.3 is 0 Å². The van der Waals surface area contributed by atoms with Gasteiger partial charge < -0.3 is 14.2 Å². The van der Waals surface area contributed by atoms with Gasteiger partial charge in [0.1, 0.15) is 0 Å². The van der Waals surface area contributed by atoms with Crippen LogP contribution in [0.15, 0.2) is 0 Å². The SMILES string of the molecule is CC(C)O[C@H]1COC2OCCC21. The molecule has 2 saturated heterocycles. The molecule has 0 aromatic carbocycles. The summed E-state index contributed by atoms with van der Waals surface area (Å²) >= 11 is 0. The van der Waals surface area contributed by atoms with Gasteiger partial charge in [-0.15, -0.1) is 0 Å². The quantitative estimate of drug-likeness (QED) is 0.626. The zero-order chi connectivity index (χ0) is 8.55. The lowest BCUT2D eigenvalue weighted by Gasteiger charge is -2.18. The molecule has 2 heterocycles. The molecule has 2 rings (SSSR count). The Labute approximate surface area is 73.0 Å². The highest BCUT2D eigenvalue weighted by Gasteiger charge is 2.42. The molecular formula is C9H16O3. The molecule has 12 heavy (non-hydrogen) atoms. The van der Waals surface area contributed by atoms with E-state index in [9.17, 15) is 0 Å². The maximum absolute atomic E-state index is 5.72. The molecule has 0 spiro atoms. The zero-order valence-corrected chi connectivity index (χ0v) is 7.66. The predicted molar refractivity (Wildman–Crippen MR) is 43.8 cm³/mol. The van der Waals surface area contributed by atoms with E-state index in [2.05, 4.69) is 13.8 Å². The predicted octanol–water partition coefficient (Wildman–Crippen LogP) is 1.17. The van der Waals surface area contributed by atoms with Crippen LogP contribution >= 0.6 is 0 Å². The molecule has 0 amide bonds. The van der Waals surface area contributed by atoms with E-state index in [1.807, 2.05) is 0 Å². The van der Waals surface area contributed by atoms with Crippen molar-refractivity contribution in [3.05, 3.63) is 0 Å². The molecule has 0 aromatic heterocycles. The number of fused-ring (bicyclic) bond motifs is 1. The van der Waals surface area contributed by atoms with Gasteiger partial charge in [-0.25, -0.2) is 0 Å². The van der Waals surface area contributed by atoms with E-state index in [-0.39, 0.29) is 18.5 Å². The van der Waals surface area contributed by atoms with Crippen molar-refractivity contribution in [2.24, 2.45) is 5.92 Å². The summed E-state index contributed by atoms with van der Waals surface area (Å²) in [5.41, 5.74) is 0. The van der Waals surface area contributed by atoms with E-state index >= 15 is 0 Å². The molecule has 2 fully saturated rings. The molecule has 0 N–H and O–H groups in total. The standard InChI is InChI=1S/C9H16O3/c1-6(2)12-8-5-11-9-7(8)3-4-10-9/h6-9H,3-5H2,1-2H3/t7?,8-,9?/m0/s1. The molecule has 0 radical (unpaired) electrons. The van der Waals surface area contributed by atoms with Crippen LogP contribution in [-0.2, 0) is 14.2 Å². The second-order valence-corrected chi connectivity index (χ2v) is 3.75. The molecule has 0 aliphatic carbocycles. The molecular weight excluding hydrogens is 156 g/mol. The molecule has 3 nitrogen and oxygen atoms in total. The largest absolute Gasteiger partial charge is 0.373 e. The summed E-state index contributed by atoms with van der Waals surface area (Å²) < 4.78 is 16.5. The minimum absolute atomic E-state index is 0.0220. The van der Waals surface area contributed by atoms with Crippen LogP contribution in [0.3, 0.4) is 0 Å². The van der Waals surface area contributed by atoms with E-state index < -0.39 is 0 Å². The van der Waals surface area contributed by atoms with Gasteiger partial charge in [-0.2, -0.15) is 0 Å². The third-order valence-electron chi connectivity index (χ3n) is 2.43. The first-order valence-electron chi connectivity index (χ1n) is 4.66. The first-order valence-corrected chi connectivity index (χ1v) is 4.66. The molecule has 3 atom stereocenters. The van der Waals surface area contributed by atoms with E-state index in [1.54, 1.807) is 0 Å². The third-order valence-corrected chi connectivity index (χ3v) is 2.43. The summed E-state index contributed by atoms with van der Waals surface area (Å²) in [5.74, 6) is 0.479. The Kier molecular flexibility index (Phi) is 2.35. The highest BCUT2D eigenvalue weighted by molar-refractivity contribution is 4.83. The fourth-order valence-corrected chi connectivity index (χ4v) is 1.92. The highest BCUT2D eigenvalue weighted by atomic mass is 16.7. The average Bonchev–Trinajstić information content (AvgIpc) is 2.52. The molecule has 2 unspecified atom stereocenters. The van der Waals surface area contributed by atoms with Gasteiger partial charge in [0.2, 0.25) is 0 Å². The van der Waals surface area contributed by atoms with Gasteiger partial charge in [-0.3, -0.25) is 0 Å². The van der Waals surface area contributed by atoms with Crippen molar-refractivity contribution in [1.29, 1.82) is 0 Å². The first kappa shape index (κ1) is 8.48. The van der Waals surface area contributed by atoms with Gasteiger partial charge in [0, 0.05) is 5.92 Å². The summed E-state index contributed by atoms with van der Waals surface area (Å²) in [6, 6.07) is 0. The summed E-state index contributed by atoms with van der Waals surface area (Å²) in [7, 11) is 0. The van der Waals surface area contributed by atoms with Crippen molar-refractivity contribution < 1.29 is 14.2 Å². The Morgan fingerprint density at radius 2 is 2.17 bits per heavy atom. The normalized spacial score (nSPS) is 40.8. The van der Waals surface area contributed by atoms with Gasteiger partial charge in [0.15, 0.2) is 6.29 Å². The monoisotopic (exact) mass is 172 g/mol. The van der Waals surface area contributed by atoms with E-state index in [1.165, 1.54) is 0 Å². The fraction of sp³-hybridized carbons (Fsp3) is 1.00. The Hall–Kier alpha value is -0.120. The Bertz CT molecular complexity index is 158. The van der Waals surface area contributed by atoms with Crippen molar-refractivity contribution in [2.75, 3.05) is 13.2 Å². The van der Waals surface area contributed by atoms with Crippen LogP contribution in [0.5, 0.6) is 0 Å². The van der Waals surface area contributed by atoms with Crippen molar-refractivity contribution in [3.63, 3.8) is 0 Å². The molecule has 2 aliphatic heterocycles. The summed E-state index contributed by atoms with van der Waals surface area (Å²) in [4.78, 5) is 0. The van der Waals surface area contributed by atoms with Crippen molar-refractivity contribution in [2.45, 2.75) is 38.8 Å². The van der Waals surface area contributed by atoms with E-state index in [0.717, 1.165) is 13.0 Å². The van der Waals surface area contributed by atoms with Crippen LogP contribution in [0.4, 0.5) is 0 Å². The van der Waals surface area contributed by atoms with Crippen LogP contribution in [0.1, 0.15) is 20.3 Å². The number of rotatable bonds is 2. The topological polar surface area (TPSA) is 27.7 Å². The zero-order valence-electron chi connectivity index (χ0n) is 7.66. The lowest BCUT2D eigenvalue weighted by Crippen LogP contribution is -2.26. The van der Waals surface area contributed by atoms with E-state index in [4.69, 9.17) is 14.2 Å². The number of ether oxygens (including phenoxy) is 3. The maximum atomic E-state index is 5.72. The molecule has 0 aromatic rings. The minimum atomic E-state index is 0.0220. The molecule has 3 heteroatoms. The highest BCUT2D eigenvalue weighted by Crippen LogP contribution is 2.33. The van der Waals surface area contributed by atoms with Crippen LogP contribution in [0.2, 0.25) is 0 Å². The van der Waals surface area contributed by atoms with Gasteiger partial charge in [-0.05, 0) is 20.3 Å². The van der Waals surface area contributed by atoms with E-state index in [0.29, 0.717) is 12.5 Å². The summed E-state index contributed by atoms with van der Waals surface area (Å²) in [6.45, 7) is 5.65. The lowest BCUT2D eigenvalue weighted by atomic mass is 10.0. The minimum Gasteiger partial charge on any atom is -0.373 e. The third kappa shape index (κ3) is 1.49. The Morgan fingerprint density at radius 3 is 2.92 bits per heavy atom. The number of hydrogen-bond acceptors (Lipinski definition) is 3. The summed E-state index contributed by atoms with van der Waals surface area (Å²) in [5, 5.41) is 0. The van der Waals surface area contributed by atoms with Crippen molar-refractivity contribution >= 4 is 0 Å². The van der Waals surface area contributed by atoms with Crippen LogP contribution in [0.25, 0.3) is 0 Å². The Balaban J connectivity index is 1.91. The molecule has 0 saturated carbocycles. The summed E-state index contributed by atoms with van der Waals surface area (Å²) in [6.07, 6.45) is 1.66. The first-order chi connectivity index (χ1) is 5.77. The molecule has 0 bridgehead atoms. The maximum Gasteiger partial charge on any atom is 0.163 e. The second-order valence-electron chi connectivity index (χ2n) is 3.75. The van der Waals surface area contributed by atoms with Gasteiger partial charge in [-0.1, -0.05) is 0 Å². The number of hydrogen-bond donors (Lipinski definition) is 0. The molecule has 70 valence electrons. The van der Waals surface area contributed by atoms with Crippen LogP contribution in [-0.4, -0.2) is 31.7 Å². The Morgan fingerprint density at radius 1 is 1.33 bits per heavy atom. The van der Waals surface area contributed by atoms with Crippen molar-refractivity contribution in [3.8, 4) is 0 Å². The second kappa shape index (κ2) is 3.32. The van der Waals surface area contributed by atoms with Gasteiger partial charge in [0.25, 0.3) is 0 Å². The smallest absolute Gasteiger partial charge is 0.163 e. The van der Waals surface area contributed by atoms with Crippen LogP contribution < -0.4 is 0 Å². The van der Waals surface area contributed by atoms with Crippen LogP contribution in [0, 0.1) is 5.92 Å². The lowest BCUT2D eigenvalue weighted by molar-refractivity contribution is -0.0911. The molecule has 2 aliphatic rings. The fourth-order valence-electron chi connectivity index (χ4n) is 1.92. The van der Waals surface area contributed by atoms with Gasteiger partial charge in [0.05, 0.1) is 25.4 Å².